The molecule has 0 spiro atoms. The smallest absolute Gasteiger partial charge is 0.264 e. The van der Waals surface area contributed by atoms with Gasteiger partial charge in [-0.2, -0.15) is 0 Å². The number of hydrogen-bond donors (Lipinski definition) is 1. The SMILES string of the molecule is Cc1cccc(CN(C(=O)CN(c2ccc(Cl)cc2C)S(=O)(=O)c2ccccc2)[C@@H](Cc2ccccc2)C(=O)NC2CCCC2)c1. The topological polar surface area (TPSA) is 86.8 Å². The molecular formula is C37H40ClN3O4S. The fraction of sp³-hybridized carbons (Fsp3) is 0.297. The molecule has 240 valence electrons. The van der Waals surface area contributed by atoms with Gasteiger partial charge in [-0.15, -0.1) is 0 Å². The van der Waals surface area contributed by atoms with Crippen LogP contribution < -0.4 is 9.62 Å². The highest BCUT2D eigenvalue weighted by molar-refractivity contribution is 7.92. The zero-order chi connectivity index (χ0) is 32.7. The highest BCUT2D eigenvalue weighted by Crippen LogP contribution is 2.30. The predicted molar refractivity (Wildman–Crippen MR) is 183 cm³/mol. The van der Waals surface area contributed by atoms with Crippen molar-refractivity contribution in [3.8, 4) is 0 Å². The van der Waals surface area contributed by atoms with Crippen molar-refractivity contribution in [3.05, 3.63) is 130 Å². The molecule has 1 fully saturated rings. The average molecular weight is 658 g/mol. The van der Waals surface area contributed by atoms with Gasteiger partial charge in [0.15, 0.2) is 0 Å². The molecular weight excluding hydrogens is 618 g/mol. The quantitative estimate of drug-likeness (QED) is 0.181. The first-order valence-corrected chi connectivity index (χ1v) is 17.5. The maximum atomic E-state index is 14.7. The molecule has 1 saturated carbocycles. The Morgan fingerprint density at radius 2 is 1.50 bits per heavy atom. The second-order valence-electron chi connectivity index (χ2n) is 12.0. The Bertz CT molecular complexity index is 1760. The van der Waals surface area contributed by atoms with Gasteiger partial charge in [0.05, 0.1) is 10.6 Å². The molecule has 0 heterocycles. The molecule has 0 unspecified atom stereocenters. The van der Waals surface area contributed by atoms with Crippen LogP contribution in [0.4, 0.5) is 5.69 Å². The number of nitrogens with one attached hydrogen (secondary N) is 1. The minimum Gasteiger partial charge on any atom is -0.352 e. The third-order valence-electron chi connectivity index (χ3n) is 8.45. The van der Waals surface area contributed by atoms with Crippen LogP contribution in [0.5, 0.6) is 0 Å². The number of anilines is 1. The van der Waals surface area contributed by atoms with E-state index in [0.29, 0.717) is 16.3 Å². The Labute approximate surface area is 277 Å². The van der Waals surface area contributed by atoms with E-state index in [0.717, 1.165) is 46.7 Å². The second kappa shape index (κ2) is 15.0. The maximum Gasteiger partial charge on any atom is 0.264 e. The number of aryl methyl sites for hydroxylation is 2. The average Bonchev–Trinajstić information content (AvgIpc) is 3.56. The molecule has 5 rings (SSSR count). The zero-order valence-electron chi connectivity index (χ0n) is 26.2. The molecule has 0 bridgehead atoms. The number of sulfonamides is 1. The summed E-state index contributed by atoms with van der Waals surface area (Å²) in [7, 11) is -4.18. The number of rotatable bonds is 12. The lowest BCUT2D eigenvalue weighted by molar-refractivity contribution is -0.140. The van der Waals surface area contributed by atoms with Gasteiger partial charge in [-0.05, 0) is 73.7 Å². The van der Waals surface area contributed by atoms with Crippen molar-refractivity contribution in [2.24, 2.45) is 0 Å². The first-order chi connectivity index (χ1) is 22.1. The Morgan fingerprint density at radius 1 is 0.848 bits per heavy atom. The van der Waals surface area contributed by atoms with E-state index in [2.05, 4.69) is 5.32 Å². The summed E-state index contributed by atoms with van der Waals surface area (Å²) < 4.78 is 29.5. The fourth-order valence-electron chi connectivity index (χ4n) is 6.06. The lowest BCUT2D eigenvalue weighted by Gasteiger charge is -2.34. The van der Waals surface area contributed by atoms with E-state index in [4.69, 9.17) is 11.6 Å². The van der Waals surface area contributed by atoms with Gasteiger partial charge in [-0.3, -0.25) is 13.9 Å². The third kappa shape index (κ3) is 8.17. The van der Waals surface area contributed by atoms with Gasteiger partial charge in [-0.25, -0.2) is 8.42 Å². The van der Waals surface area contributed by atoms with E-state index in [9.17, 15) is 18.0 Å². The number of amides is 2. The van der Waals surface area contributed by atoms with E-state index in [1.165, 1.54) is 12.1 Å². The van der Waals surface area contributed by atoms with E-state index in [1.54, 1.807) is 48.2 Å². The van der Waals surface area contributed by atoms with Crippen LogP contribution in [-0.2, 0) is 32.6 Å². The van der Waals surface area contributed by atoms with Crippen LogP contribution in [0.15, 0.2) is 108 Å². The Hall–Kier alpha value is -4.14. The summed E-state index contributed by atoms with van der Waals surface area (Å²) in [5, 5.41) is 3.66. The van der Waals surface area contributed by atoms with Crippen LogP contribution in [-0.4, -0.2) is 43.8 Å². The van der Waals surface area contributed by atoms with Crippen molar-refractivity contribution in [1.82, 2.24) is 10.2 Å². The summed E-state index contributed by atoms with van der Waals surface area (Å²) in [4.78, 5) is 30.4. The van der Waals surface area contributed by atoms with Crippen molar-refractivity contribution < 1.29 is 18.0 Å². The molecule has 46 heavy (non-hydrogen) atoms. The Morgan fingerprint density at radius 3 is 2.15 bits per heavy atom. The van der Waals surface area contributed by atoms with E-state index < -0.39 is 28.5 Å². The van der Waals surface area contributed by atoms with Crippen LogP contribution >= 0.6 is 11.6 Å². The van der Waals surface area contributed by atoms with Crippen LogP contribution in [0.1, 0.15) is 47.9 Å². The van der Waals surface area contributed by atoms with Crippen molar-refractivity contribution >= 4 is 39.1 Å². The molecule has 1 atom stereocenters. The van der Waals surface area contributed by atoms with Gasteiger partial charge >= 0.3 is 0 Å². The molecule has 4 aromatic rings. The lowest BCUT2D eigenvalue weighted by Crippen LogP contribution is -2.54. The molecule has 0 aliphatic heterocycles. The normalized spacial score (nSPS) is 14.1. The van der Waals surface area contributed by atoms with Crippen LogP contribution in [0, 0.1) is 13.8 Å². The number of hydrogen-bond acceptors (Lipinski definition) is 4. The molecule has 0 radical (unpaired) electrons. The molecule has 1 N–H and O–H groups in total. The zero-order valence-corrected chi connectivity index (χ0v) is 27.8. The number of carbonyl (C=O) groups is 2. The highest BCUT2D eigenvalue weighted by Gasteiger charge is 2.36. The molecule has 4 aromatic carbocycles. The van der Waals surface area contributed by atoms with Gasteiger partial charge in [0.1, 0.15) is 12.6 Å². The summed E-state index contributed by atoms with van der Waals surface area (Å²) >= 11 is 6.25. The monoisotopic (exact) mass is 657 g/mol. The Kier molecular flexibility index (Phi) is 10.8. The van der Waals surface area contributed by atoms with Crippen molar-refractivity contribution in [2.75, 3.05) is 10.8 Å². The van der Waals surface area contributed by atoms with Crippen LogP contribution in [0.25, 0.3) is 0 Å². The number of carbonyl (C=O) groups excluding carboxylic acids is 2. The van der Waals surface area contributed by atoms with Gasteiger partial charge in [0.2, 0.25) is 11.8 Å². The summed E-state index contributed by atoms with van der Waals surface area (Å²) in [6.45, 7) is 3.36. The van der Waals surface area contributed by atoms with Crippen molar-refractivity contribution in [3.63, 3.8) is 0 Å². The van der Waals surface area contributed by atoms with E-state index in [-0.39, 0.29) is 29.8 Å². The van der Waals surface area contributed by atoms with Crippen LogP contribution in [0.2, 0.25) is 5.02 Å². The van der Waals surface area contributed by atoms with E-state index in [1.807, 2.05) is 61.5 Å². The molecule has 7 nitrogen and oxygen atoms in total. The van der Waals surface area contributed by atoms with Gasteiger partial charge in [-0.1, -0.05) is 103 Å². The third-order valence-corrected chi connectivity index (χ3v) is 10.5. The predicted octanol–water partition coefficient (Wildman–Crippen LogP) is 6.85. The largest absolute Gasteiger partial charge is 0.352 e. The lowest BCUT2D eigenvalue weighted by atomic mass is 10.0. The van der Waals surface area contributed by atoms with Gasteiger partial charge in [0.25, 0.3) is 10.0 Å². The van der Waals surface area contributed by atoms with Crippen molar-refractivity contribution in [1.29, 1.82) is 0 Å². The summed E-state index contributed by atoms with van der Waals surface area (Å²) in [5.41, 5.74) is 3.71. The number of nitrogens with zero attached hydrogens (tertiary/aromatic N) is 2. The second-order valence-corrected chi connectivity index (χ2v) is 14.3. The number of halogens is 1. The molecule has 9 heteroatoms. The van der Waals surface area contributed by atoms with Crippen LogP contribution in [0.3, 0.4) is 0 Å². The van der Waals surface area contributed by atoms with Gasteiger partial charge < -0.3 is 10.2 Å². The minimum absolute atomic E-state index is 0.0494. The van der Waals surface area contributed by atoms with Gasteiger partial charge in [0, 0.05) is 24.0 Å². The highest BCUT2D eigenvalue weighted by atomic mass is 35.5. The van der Waals surface area contributed by atoms with E-state index >= 15 is 0 Å². The molecule has 0 saturated heterocycles. The summed E-state index contributed by atoms with van der Waals surface area (Å²) in [5.74, 6) is -0.727. The molecule has 1 aliphatic carbocycles. The number of benzene rings is 4. The first-order valence-electron chi connectivity index (χ1n) is 15.6. The molecule has 0 aromatic heterocycles. The fourth-order valence-corrected chi connectivity index (χ4v) is 7.79. The molecule has 2 amide bonds. The Balaban J connectivity index is 1.58. The standard InChI is InChI=1S/C37H40ClN3O4S/c1-27-12-11-15-30(22-27)25-40(35(24-29-13-5-3-6-14-29)37(43)39-32-16-9-10-17-32)36(42)26-41(34-21-20-31(38)23-28(34)2)46(44,45)33-18-7-4-8-19-33/h3-8,11-15,18-23,32,35H,9-10,16-17,24-26H2,1-2H3,(H,39,43)/t35-/m0/s1. The summed E-state index contributed by atoms with van der Waals surface area (Å²) in [6, 6.07) is 29.5. The first kappa shape index (κ1) is 33.2. The summed E-state index contributed by atoms with van der Waals surface area (Å²) in [6.07, 6.45) is 4.17. The maximum absolute atomic E-state index is 14.7. The molecule has 1 aliphatic rings. The van der Waals surface area contributed by atoms with Crippen molar-refractivity contribution in [2.45, 2.75) is 69.5 Å². The minimum atomic E-state index is -4.18.